The summed E-state index contributed by atoms with van der Waals surface area (Å²) in [6.45, 7) is 0. The second-order valence-corrected chi connectivity index (χ2v) is 9.79. The molecule has 192 valence electrons. The second-order valence-electron chi connectivity index (χ2n) is 7.97. The molecule has 2 aliphatic rings. The van der Waals surface area contributed by atoms with Crippen LogP contribution in [0.3, 0.4) is 0 Å². The first-order valence-electron chi connectivity index (χ1n) is 10.8. The molecule has 10 heteroatoms. The molecule has 3 aromatic carbocycles. The van der Waals surface area contributed by atoms with Crippen LogP contribution in [-0.2, 0) is 11.2 Å². The van der Waals surface area contributed by atoms with Gasteiger partial charge in [-0.3, -0.25) is 0 Å². The number of fused-ring (bicyclic) bond motifs is 1. The Morgan fingerprint density at radius 2 is 1.65 bits per heavy atom. The number of carboxylic acids is 1. The van der Waals surface area contributed by atoms with Crippen molar-refractivity contribution >= 4 is 75.8 Å². The molecule has 1 N–H and O–H groups in total. The summed E-state index contributed by atoms with van der Waals surface area (Å²) in [5, 5.41) is 12.1. The molecular formula is C27H22Cl4N2O3S. The molecule has 5 nitrogen and oxygen atoms in total. The Bertz CT molecular complexity index is 1390. The zero-order chi connectivity index (χ0) is 24.5. The molecule has 0 aliphatic carbocycles. The number of amidine groups is 1. The first-order chi connectivity index (χ1) is 17.0. The van der Waals surface area contributed by atoms with Crippen molar-refractivity contribution in [3.05, 3.63) is 117 Å². The predicted octanol–water partition coefficient (Wildman–Crippen LogP) is 7.89. The minimum Gasteiger partial charge on any atom is -0.496 e. The van der Waals surface area contributed by atoms with Gasteiger partial charge in [0.15, 0.2) is 5.17 Å². The first kappa shape index (κ1) is 29.0. The number of benzene rings is 3. The maximum atomic E-state index is 12.7. The normalized spacial score (nSPS) is 16.2. The summed E-state index contributed by atoms with van der Waals surface area (Å²) in [7, 11) is 1.58. The van der Waals surface area contributed by atoms with Gasteiger partial charge in [-0.1, -0.05) is 77.8 Å². The quantitative estimate of drug-likeness (QED) is 0.314. The van der Waals surface area contributed by atoms with Gasteiger partial charge in [-0.2, -0.15) is 0 Å². The third kappa shape index (κ3) is 5.64. The molecule has 0 amide bonds. The van der Waals surface area contributed by atoms with Gasteiger partial charge in [-0.05, 0) is 35.5 Å². The van der Waals surface area contributed by atoms with E-state index in [0.717, 1.165) is 16.0 Å². The molecule has 2 heterocycles. The van der Waals surface area contributed by atoms with Gasteiger partial charge in [0.1, 0.15) is 5.75 Å². The zero-order valence-corrected chi connectivity index (χ0v) is 23.4. The van der Waals surface area contributed by atoms with Crippen molar-refractivity contribution in [1.82, 2.24) is 4.90 Å². The van der Waals surface area contributed by atoms with E-state index < -0.39 is 12.0 Å². The Labute approximate surface area is 241 Å². The molecule has 0 saturated carbocycles. The van der Waals surface area contributed by atoms with E-state index in [9.17, 15) is 9.90 Å². The summed E-state index contributed by atoms with van der Waals surface area (Å²) < 4.78 is 5.63. The van der Waals surface area contributed by atoms with Crippen LogP contribution in [0.2, 0.25) is 10.0 Å². The van der Waals surface area contributed by atoms with E-state index in [2.05, 4.69) is 0 Å². The average Bonchev–Trinajstić information content (AvgIpc) is 3.26. The Morgan fingerprint density at radius 3 is 2.30 bits per heavy atom. The molecule has 0 aromatic heterocycles. The van der Waals surface area contributed by atoms with E-state index >= 15 is 0 Å². The van der Waals surface area contributed by atoms with E-state index in [4.69, 9.17) is 32.9 Å². The summed E-state index contributed by atoms with van der Waals surface area (Å²) in [6.07, 6.45) is 2.25. The number of halogens is 4. The van der Waals surface area contributed by atoms with Gasteiger partial charge in [0.05, 0.1) is 34.5 Å². The lowest BCUT2D eigenvalue weighted by molar-refractivity contribution is -0.133. The number of allylic oxidation sites excluding steroid dienone is 1. The van der Waals surface area contributed by atoms with Gasteiger partial charge in [0.25, 0.3) is 0 Å². The highest BCUT2D eigenvalue weighted by Crippen LogP contribution is 2.50. The number of para-hydroxylation sites is 1. The lowest BCUT2D eigenvalue weighted by atomic mass is 9.92. The monoisotopic (exact) mass is 594 g/mol. The lowest BCUT2D eigenvalue weighted by Crippen LogP contribution is -2.34. The molecule has 1 atom stereocenters. The van der Waals surface area contributed by atoms with Gasteiger partial charge in [0, 0.05) is 28.7 Å². The Balaban J connectivity index is 0.00000190. The number of nitrogens with zero attached hydrogens (tertiary/aromatic N) is 2. The van der Waals surface area contributed by atoms with Gasteiger partial charge in [-0.15, -0.1) is 24.8 Å². The molecular weight excluding hydrogens is 574 g/mol. The first-order valence-corrected chi connectivity index (χ1v) is 12.4. The minimum atomic E-state index is -1.03. The second kappa shape index (κ2) is 12.3. The SMILES string of the molecule is COc1ccccc1C1C(C(=O)O)=C(Cc2ccccc2)N=C2SC(c3c(Cl)cccc3Cl)=CN21.Cl.Cl. The standard InChI is InChI=1S/C27H20Cl2N2O3S.2ClH/c1-34-21-13-6-5-10-17(21)25-24(26(32)33)20(14-16-8-3-2-4-9-16)30-27-31(25)15-22(35-27)23-18(28)11-7-12-19(23)29;;/h2-13,15,25H,14H2,1H3,(H,32,33);2*1H. The molecule has 0 fully saturated rings. The third-order valence-electron chi connectivity index (χ3n) is 5.86. The smallest absolute Gasteiger partial charge is 0.335 e. The van der Waals surface area contributed by atoms with E-state index in [1.54, 1.807) is 25.3 Å². The highest BCUT2D eigenvalue weighted by molar-refractivity contribution is 8.22. The van der Waals surface area contributed by atoms with Crippen molar-refractivity contribution in [3.8, 4) is 5.75 Å². The molecule has 5 rings (SSSR count). The molecule has 2 aliphatic heterocycles. The van der Waals surface area contributed by atoms with Crippen molar-refractivity contribution in [1.29, 1.82) is 0 Å². The maximum Gasteiger partial charge on any atom is 0.335 e. The largest absolute Gasteiger partial charge is 0.496 e. The van der Waals surface area contributed by atoms with Crippen LogP contribution < -0.4 is 4.74 Å². The van der Waals surface area contributed by atoms with E-state index in [1.807, 2.05) is 65.7 Å². The summed E-state index contributed by atoms with van der Waals surface area (Å²) in [4.78, 5) is 20.2. The number of rotatable bonds is 6. The van der Waals surface area contributed by atoms with Crippen LogP contribution >= 0.6 is 59.8 Å². The van der Waals surface area contributed by atoms with Crippen LogP contribution in [0.4, 0.5) is 0 Å². The fourth-order valence-electron chi connectivity index (χ4n) is 4.31. The molecule has 37 heavy (non-hydrogen) atoms. The van der Waals surface area contributed by atoms with Crippen molar-refractivity contribution in [2.75, 3.05) is 7.11 Å². The maximum absolute atomic E-state index is 12.7. The number of hydrogen-bond donors (Lipinski definition) is 1. The zero-order valence-electron chi connectivity index (χ0n) is 19.4. The van der Waals surface area contributed by atoms with E-state index in [0.29, 0.717) is 38.6 Å². The molecule has 1 unspecified atom stereocenters. The Morgan fingerprint density at radius 1 is 1.00 bits per heavy atom. The highest BCUT2D eigenvalue weighted by atomic mass is 35.5. The lowest BCUT2D eigenvalue weighted by Gasteiger charge is -2.34. The van der Waals surface area contributed by atoms with Gasteiger partial charge >= 0.3 is 5.97 Å². The fraction of sp³-hybridized carbons (Fsp3) is 0.111. The minimum absolute atomic E-state index is 0. The van der Waals surface area contributed by atoms with Gasteiger partial charge in [-0.25, -0.2) is 9.79 Å². The van der Waals surface area contributed by atoms with Crippen molar-refractivity contribution in [2.45, 2.75) is 12.5 Å². The Kier molecular flexibility index (Phi) is 9.62. The number of aliphatic carboxylic acids is 1. The number of thioether (sulfide) groups is 1. The van der Waals surface area contributed by atoms with Crippen LogP contribution in [0, 0.1) is 0 Å². The molecule has 0 bridgehead atoms. The Hall–Kier alpha value is -2.61. The number of aliphatic imine (C=N–C) groups is 1. The predicted molar refractivity (Wildman–Crippen MR) is 156 cm³/mol. The van der Waals surface area contributed by atoms with Gasteiger partial charge in [0.2, 0.25) is 0 Å². The molecule has 0 radical (unpaired) electrons. The number of ether oxygens (including phenoxy) is 1. The van der Waals surface area contributed by atoms with E-state index in [1.165, 1.54) is 11.8 Å². The van der Waals surface area contributed by atoms with Crippen molar-refractivity contribution in [3.63, 3.8) is 0 Å². The van der Waals surface area contributed by atoms with Crippen LogP contribution in [0.15, 0.2) is 95.3 Å². The van der Waals surface area contributed by atoms with Crippen LogP contribution in [-0.4, -0.2) is 28.3 Å². The summed E-state index contributed by atoms with van der Waals surface area (Å²) >= 11 is 14.4. The number of methoxy groups -OCH3 is 1. The summed E-state index contributed by atoms with van der Waals surface area (Å²) in [6, 6.07) is 21.9. The van der Waals surface area contributed by atoms with Crippen LogP contribution in [0.1, 0.15) is 22.7 Å². The molecule has 0 spiro atoms. The van der Waals surface area contributed by atoms with Gasteiger partial charge < -0.3 is 14.7 Å². The van der Waals surface area contributed by atoms with Crippen LogP contribution in [0.25, 0.3) is 4.91 Å². The van der Waals surface area contributed by atoms with Crippen molar-refractivity contribution < 1.29 is 14.6 Å². The molecule has 3 aromatic rings. The number of carboxylic acid groups (broad SMARTS) is 1. The summed E-state index contributed by atoms with van der Waals surface area (Å²) in [5.41, 5.74) is 3.10. The summed E-state index contributed by atoms with van der Waals surface area (Å²) in [5.74, 6) is -0.434. The van der Waals surface area contributed by atoms with E-state index in [-0.39, 0.29) is 30.4 Å². The fourth-order valence-corrected chi connectivity index (χ4v) is 6.13. The number of hydrogen-bond acceptors (Lipinski definition) is 5. The van der Waals surface area contributed by atoms with Crippen LogP contribution in [0.5, 0.6) is 5.75 Å². The highest BCUT2D eigenvalue weighted by Gasteiger charge is 2.41. The number of carbonyl (C=O) groups is 1. The average molecular weight is 596 g/mol. The topological polar surface area (TPSA) is 62.1 Å². The molecule has 0 saturated heterocycles. The third-order valence-corrected chi connectivity index (χ3v) is 7.50. The van der Waals surface area contributed by atoms with Crippen molar-refractivity contribution in [2.24, 2.45) is 4.99 Å².